The van der Waals surface area contributed by atoms with Crippen LogP contribution in [0.4, 0.5) is 5.95 Å². The molecule has 1 unspecified atom stereocenters. The molecule has 3 aromatic rings. The maximum Gasteiger partial charge on any atom is 0.271 e. The first kappa shape index (κ1) is 22.8. The Bertz CT molecular complexity index is 1190. The fourth-order valence-electron chi connectivity index (χ4n) is 4.69. The van der Waals surface area contributed by atoms with Crippen LogP contribution in [0.3, 0.4) is 0 Å². The summed E-state index contributed by atoms with van der Waals surface area (Å²) in [5, 5.41) is 14.1. The molecule has 4 heterocycles. The van der Waals surface area contributed by atoms with Gasteiger partial charge in [-0.15, -0.1) is 0 Å². The lowest BCUT2D eigenvalue weighted by molar-refractivity contribution is 0.0526. The lowest BCUT2D eigenvalue weighted by Gasteiger charge is -2.34. The number of anilines is 1. The van der Waals surface area contributed by atoms with Gasteiger partial charge in [0.2, 0.25) is 5.95 Å². The minimum absolute atomic E-state index is 0.121. The van der Waals surface area contributed by atoms with Crippen LogP contribution >= 0.6 is 11.6 Å². The summed E-state index contributed by atoms with van der Waals surface area (Å²) in [4.78, 5) is 24.4. The van der Waals surface area contributed by atoms with Crippen LogP contribution in [0.25, 0.3) is 11.3 Å². The minimum atomic E-state index is -0.450. The molecule has 1 aromatic carbocycles. The second kappa shape index (κ2) is 9.74. The van der Waals surface area contributed by atoms with Crippen molar-refractivity contribution in [1.82, 2.24) is 19.4 Å². The van der Waals surface area contributed by atoms with E-state index in [1.54, 1.807) is 17.0 Å². The largest absolute Gasteiger partial charge is 0.394 e. The molecule has 8 nitrogen and oxygen atoms in total. The van der Waals surface area contributed by atoms with Gasteiger partial charge in [0, 0.05) is 55.3 Å². The Kier molecular flexibility index (Phi) is 6.54. The number of nitrogens with zero attached hydrogens (tertiary/aromatic N) is 4. The maximum absolute atomic E-state index is 13.4. The van der Waals surface area contributed by atoms with Gasteiger partial charge in [-0.3, -0.25) is 4.79 Å². The highest BCUT2D eigenvalue weighted by Gasteiger charge is 2.32. The molecule has 2 aliphatic rings. The van der Waals surface area contributed by atoms with E-state index in [1.165, 1.54) is 0 Å². The number of amides is 1. The van der Waals surface area contributed by atoms with E-state index in [9.17, 15) is 9.90 Å². The SMILES string of the molecule is Cc1cnc(NC2CCOCC2)nc1-c1cc2n(c1)CCN(C(CO)c1cccc(Cl)c1)C2=O. The van der Waals surface area contributed by atoms with Gasteiger partial charge in [-0.05, 0) is 49.1 Å². The molecule has 178 valence electrons. The van der Waals surface area contributed by atoms with Crippen molar-refractivity contribution in [3.8, 4) is 11.3 Å². The number of aryl methyl sites for hydroxylation is 1. The number of aliphatic hydroxyl groups is 1. The highest BCUT2D eigenvalue weighted by atomic mass is 35.5. The van der Waals surface area contributed by atoms with E-state index in [4.69, 9.17) is 21.3 Å². The maximum atomic E-state index is 13.4. The van der Waals surface area contributed by atoms with Crippen molar-refractivity contribution in [2.75, 3.05) is 31.7 Å². The number of carbonyl (C=O) groups is 1. The van der Waals surface area contributed by atoms with Crippen molar-refractivity contribution >= 4 is 23.5 Å². The van der Waals surface area contributed by atoms with E-state index in [2.05, 4.69) is 10.3 Å². The molecule has 2 aliphatic heterocycles. The predicted octanol–water partition coefficient (Wildman–Crippen LogP) is 3.69. The summed E-state index contributed by atoms with van der Waals surface area (Å²) in [6.45, 7) is 4.41. The van der Waals surface area contributed by atoms with Gasteiger partial charge in [-0.1, -0.05) is 23.7 Å². The van der Waals surface area contributed by atoms with Crippen LogP contribution in [0.15, 0.2) is 42.7 Å². The number of aliphatic hydroxyl groups excluding tert-OH is 1. The Morgan fingerprint density at radius 2 is 2.09 bits per heavy atom. The molecule has 9 heteroatoms. The number of hydrogen-bond acceptors (Lipinski definition) is 6. The summed E-state index contributed by atoms with van der Waals surface area (Å²) in [7, 11) is 0. The van der Waals surface area contributed by atoms with E-state index in [-0.39, 0.29) is 12.5 Å². The number of fused-ring (bicyclic) bond motifs is 1. The van der Waals surface area contributed by atoms with Gasteiger partial charge in [-0.2, -0.15) is 0 Å². The second-order valence-corrected chi connectivity index (χ2v) is 9.25. The van der Waals surface area contributed by atoms with Crippen LogP contribution < -0.4 is 5.32 Å². The number of nitrogens with one attached hydrogen (secondary N) is 1. The molecule has 0 spiro atoms. The van der Waals surface area contributed by atoms with E-state index >= 15 is 0 Å². The fraction of sp³-hybridized carbons (Fsp3) is 0.400. The number of ether oxygens (including phenoxy) is 1. The minimum Gasteiger partial charge on any atom is -0.394 e. The van der Waals surface area contributed by atoms with Crippen molar-refractivity contribution in [2.45, 2.75) is 38.4 Å². The molecular formula is C25H28ClN5O3. The Morgan fingerprint density at radius 1 is 1.26 bits per heavy atom. The number of rotatable bonds is 6. The third-order valence-corrected chi connectivity index (χ3v) is 6.78. The summed E-state index contributed by atoms with van der Waals surface area (Å²) in [5.41, 5.74) is 4.03. The van der Waals surface area contributed by atoms with Crippen molar-refractivity contribution < 1.29 is 14.6 Å². The summed E-state index contributed by atoms with van der Waals surface area (Å²) in [6.07, 6.45) is 5.65. The van der Waals surface area contributed by atoms with Crippen molar-refractivity contribution in [2.24, 2.45) is 0 Å². The van der Waals surface area contributed by atoms with Crippen LogP contribution in [-0.2, 0) is 11.3 Å². The molecule has 0 saturated carbocycles. The molecular weight excluding hydrogens is 454 g/mol. The van der Waals surface area contributed by atoms with Gasteiger partial charge < -0.3 is 24.6 Å². The Morgan fingerprint density at radius 3 is 2.85 bits per heavy atom. The summed E-state index contributed by atoms with van der Waals surface area (Å²) < 4.78 is 7.40. The van der Waals surface area contributed by atoms with Crippen LogP contribution in [0.2, 0.25) is 5.02 Å². The number of hydrogen-bond donors (Lipinski definition) is 2. The van der Waals surface area contributed by atoms with Gasteiger partial charge in [0.25, 0.3) is 5.91 Å². The zero-order chi connectivity index (χ0) is 23.7. The molecule has 0 aliphatic carbocycles. The third-order valence-electron chi connectivity index (χ3n) is 6.54. The average molecular weight is 482 g/mol. The van der Waals surface area contributed by atoms with Gasteiger partial charge in [0.05, 0.1) is 18.3 Å². The first-order valence-electron chi connectivity index (χ1n) is 11.6. The fourth-order valence-corrected chi connectivity index (χ4v) is 4.89. The first-order chi connectivity index (χ1) is 16.5. The van der Waals surface area contributed by atoms with Gasteiger partial charge in [-0.25, -0.2) is 9.97 Å². The van der Waals surface area contributed by atoms with Crippen molar-refractivity contribution in [3.05, 3.63) is 64.6 Å². The molecule has 2 aromatic heterocycles. The lowest BCUT2D eigenvalue weighted by atomic mass is 10.0. The van der Waals surface area contributed by atoms with Crippen LogP contribution in [-0.4, -0.2) is 62.9 Å². The van der Waals surface area contributed by atoms with E-state index in [0.29, 0.717) is 35.8 Å². The van der Waals surface area contributed by atoms with Gasteiger partial charge in [0.15, 0.2) is 0 Å². The van der Waals surface area contributed by atoms with Gasteiger partial charge in [0.1, 0.15) is 5.69 Å². The smallest absolute Gasteiger partial charge is 0.271 e. The van der Waals surface area contributed by atoms with Crippen LogP contribution in [0.1, 0.15) is 40.5 Å². The molecule has 34 heavy (non-hydrogen) atoms. The molecule has 1 amide bonds. The summed E-state index contributed by atoms with van der Waals surface area (Å²) >= 11 is 6.15. The highest BCUT2D eigenvalue weighted by Crippen LogP contribution is 2.31. The van der Waals surface area contributed by atoms with Gasteiger partial charge >= 0.3 is 0 Å². The molecule has 0 radical (unpaired) electrons. The van der Waals surface area contributed by atoms with E-state index < -0.39 is 6.04 Å². The topological polar surface area (TPSA) is 92.5 Å². The average Bonchev–Trinajstić information content (AvgIpc) is 3.28. The molecule has 5 rings (SSSR count). The summed E-state index contributed by atoms with van der Waals surface area (Å²) in [6, 6.07) is 9.03. The lowest BCUT2D eigenvalue weighted by Crippen LogP contribution is -2.43. The number of halogens is 1. The number of aromatic nitrogens is 3. The van der Waals surface area contributed by atoms with Crippen LogP contribution in [0.5, 0.6) is 0 Å². The normalized spacial score (nSPS) is 17.5. The Balaban J connectivity index is 1.41. The quantitative estimate of drug-likeness (QED) is 0.558. The van der Waals surface area contributed by atoms with Crippen molar-refractivity contribution in [3.63, 3.8) is 0 Å². The molecule has 1 atom stereocenters. The van der Waals surface area contributed by atoms with E-state index in [1.807, 2.05) is 42.1 Å². The molecule has 2 N–H and O–H groups in total. The zero-order valence-electron chi connectivity index (χ0n) is 19.1. The monoisotopic (exact) mass is 481 g/mol. The number of carbonyl (C=O) groups excluding carboxylic acids is 1. The highest BCUT2D eigenvalue weighted by molar-refractivity contribution is 6.30. The Hall–Kier alpha value is -2.94. The first-order valence-corrected chi connectivity index (χ1v) is 12.0. The predicted molar refractivity (Wildman–Crippen MR) is 130 cm³/mol. The van der Waals surface area contributed by atoms with Crippen LogP contribution in [0, 0.1) is 6.92 Å². The Labute approximate surface area is 203 Å². The third kappa shape index (κ3) is 4.53. The molecule has 1 saturated heterocycles. The standard InChI is InChI=1S/C25H28ClN5O3/c1-16-13-27-25(28-20-5-9-34-10-6-20)29-23(16)18-12-21-24(33)31(8-7-30(21)14-18)22(15-32)17-3-2-4-19(26)11-17/h2-4,11-14,20,22,32H,5-10,15H2,1H3,(H,27,28,29). The summed E-state index contributed by atoms with van der Waals surface area (Å²) in [5.74, 6) is 0.467. The second-order valence-electron chi connectivity index (χ2n) is 8.82. The van der Waals surface area contributed by atoms with E-state index in [0.717, 1.165) is 48.4 Å². The zero-order valence-corrected chi connectivity index (χ0v) is 19.8. The molecule has 0 bridgehead atoms. The molecule has 1 fully saturated rings. The number of benzene rings is 1. The van der Waals surface area contributed by atoms with Crippen molar-refractivity contribution in [1.29, 1.82) is 0 Å².